The van der Waals surface area contributed by atoms with Crippen molar-refractivity contribution in [3.8, 4) is 0 Å². The van der Waals surface area contributed by atoms with Crippen molar-refractivity contribution in [1.29, 1.82) is 0 Å². The molecule has 0 aliphatic heterocycles. The van der Waals surface area contributed by atoms with Gasteiger partial charge in [-0.25, -0.2) is 4.39 Å². The number of nitrogens with zero attached hydrogens (tertiary/aromatic N) is 1. The van der Waals surface area contributed by atoms with Crippen LogP contribution in [0.25, 0.3) is 0 Å². The smallest absolute Gasteiger partial charge is 0.257 e. The second kappa shape index (κ2) is 8.19. The number of aryl methyl sites for hydroxylation is 2. The maximum absolute atomic E-state index is 13.2. The Labute approximate surface area is 166 Å². The second-order valence-corrected chi connectivity index (χ2v) is 6.78. The quantitative estimate of drug-likeness (QED) is 0.651. The van der Waals surface area contributed by atoms with Gasteiger partial charge in [0, 0.05) is 17.3 Å². The second-order valence-electron chi connectivity index (χ2n) is 6.37. The predicted octanol–water partition coefficient (Wildman–Crippen LogP) is 5.00. The molecule has 5 nitrogen and oxygen atoms in total. The summed E-state index contributed by atoms with van der Waals surface area (Å²) in [6.07, 6.45) is 2.35. The zero-order valence-corrected chi connectivity index (χ0v) is 16.0. The van der Waals surface area contributed by atoms with Crippen molar-refractivity contribution < 1.29 is 14.0 Å². The molecule has 3 rings (SSSR count). The average Bonchev–Trinajstić information content (AvgIpc) is 2.62. The SMILES string of the molecule is Cc1cc(C)cc(C(=O)Nc2ccc(Cl)c(C(=O)Nc3cncc(F)c3)c2)c1. The fourth-order valence-corrected chi connectivity index (χ4v) is 2.97. The average molecular weight is 398 g/mol. The highest BCUT2D eigenvalue weighted by Crippen LogP contribution is 2.23. The molecular formula is C21H17ClFN3O2. The number of rotatable bonds is 4. The Hall–Kier alpha value is -3.25. The van der Waals surface area contributed by atoms with E-state index >= 15 is 0 Å². The first-order chi connectivity index (χ1) is 13.3. The molecule has 0 atom stereocenters. The highest BCUT2D eigenvalue weighted by atomic mass is 35.5. The van der Waals surface area contributed by atoms with Crippen molar-refractivity contribution in [3.05, 3.63) is 88.0 Å². The molecule has 1 aromatic heterocycles. The van der Waals surface area contributed by atoms with Gasteiger partial charge in [-0.2, -0.15) is 0 Å². The lowest BCUT2D eigenvalue weighted by atomic mass is 10.1. The Morgan fingerprint density at radius 3 is 2.25 bits per heavy atom. The number of hydrogen-bond donors (Lipinski definition) is 2. The number of nitrogens with one attached hydrogen (secondary N) is 2. The molecule has 0 aliphatic carbocycles. The maximum Gasteiger partial charge on any atom is 0.257 e. The lowest BCUT2D eigenvalue weighted by Crippen LogP contribution is -2.15. The normalized spacial score (nSPS) is 10.4. The van der Waals surface area contributed by atoms with Crippen molar-refractivity contribution in [2.45, 2.75) is 13.8 Å². The molecule has 0 radical (unpaired) electrons. The topological polar surface area (TPSA) is 71.1 Å². The fourth-order valence-electron chi connectivity index (χ4n) is 2.76. The zero-order valence-electron chi connectivity index (χ0n) is 15.2. The van der Waals surface area contributed by atoms with Crippen molar-refractivity contribution in [2.75, 3.05) is 10.6 Å². The molecule has 0 saturated carbocycles. The molecule has 28 heavy (non-hydrogen) atoms. The van der Waals surface area contributed by atoms with E-state index in [1.54, 1.807) is 18.2 Å². The summed E-state index contributed by atoms with van der Waals surface area (Å²) < 4.78 is 13.2. The van der Waals surface area contributed by atoms with E-state index in [0.29, 0.717) is 11.3 Å². The van der Waals surface area contributed by atoms with E-state index in [9.17, 15) is 14.0 Å². The van der Waals surface area contributed by atoms with E-state index < -0.39 is 11.7 Å². The van der Waals surface area contributed by atoms with Crippen LogP contribution in [0.4, 0.5) is 15.8 Å². The fraction of sp³-hybridized carbons (Fsp3) is 0.0952. The van der Waals surface area contributed by atoms with Crippen LogP contribution in [-0.2, 0) is 0 Å². The highest BCUT2D eigenvalue weighted by Gasteiger charge is 2.14. The molecule has 2 amide bonds. The number of benzene rings is 2. The van der Waals surface area contributed by atoms with E-state index in [0.717, 1.165) is 23.4 Å². The molecule has 0 saturated heterocycles. The van der Waals surface area contributed by atoms with Gasteiger partial charge in [-0.1, -0.05) is 28.8 Å². The van der Waals surface area contributed by atoms with Crippen LogP contribution in [0.15, 0.2) is 54.9 Å². The predicted molar refractivity (Wildman–Crippen MR) is 107 cm³/mol. The number of pyridine rings is 1. The summed E-state index contributed by atoms with van der Waals surface area (Å²) in [5.74, 6) is -1.41. The van der Waals surface area contributed by atoms with Gasteiger partial charge in [0.1, 0.15) is 5.82 Å². The molecule has 0 aliphatic rings. The minimum absolute atomic E-state index is 0.143. The van der Waals surface area contributed by atoms with E-state index in [1.807, 2.05) is 19.9 Å². The maximum atomic E-state index is 13.2. The van der Waals surface area contributed by atoms with Gasteiger partial charge in [0.25, 0.3) is 11.8 Å². The Morgan fingerprint density at radius 1 is 0.893 bits per heavy atom. The lowest BCUT2D eigenvalue weighted by molar-refractivity contribution is 0.101. The summed E-state index contributed by atoms with van der Waals surface area (Å²) in [6, 6.07) is 11.3. The highest BCUT2D eigenvalue weighted by molar-refractivity contribution is 6.34. The van der Waals surface area contributed by atoms with Crippen LogP contribution in [0, 0.1) is 19.7 Å². The Balaban J connectivity index is 1.80. The van der Waals surface area contributed by atoms with Gasteiger partial charge in [0.05, 0.1) is 28.7 Å². The summed E-state index contributed by atoms with van der Waals surface area (Å²) >= 11 is 6.12. The first-order valence-corrected chi connectivity index (χ1v) is 8.81. The Bertz CT molecular complexity index is 1050. The van der Waals surface area contributed by atoms with Crippen LogP contribution < -0.4 is 10.6 Å². The molecular weight excluding hydrogens is 381 g/mol. The van der Waals surface area contributed by atoms with E-state index in [-0.39, 0.29) is 22.2 Å². The molecule has 0 spiro atoms. The van der Waals surface area contributed by atoms with E-state index in [4.69, 9.17) is 11.6 Å². The van der Waals surface area contributed by atoms with Crippen molar-refractivity contribution >= 4 is 34.8 Å². The van der Waals surface area contributed by atoms with Crippen molar-refractivity contribution in [3.63, 3.8) is 0 Å². The summed E-state index contributed by atoms with van der Waals surface area (Å²) in [5, 5.41) is 5.49. The van der Waals surface area contributed by atoms with Gasteiger partial charge in [-0.05, 0) is 44.2 Å². The molecule has 2 N–H and O–H groups in total. The molecule has 7 heteroatoms. The van der Waals surface area contributed by atoms with Crippen LogP contribution in [0.1, 0.15) is 31.8 Å². The third-order valence-electron chi connectivity index (χ3n) is 3.92. The van der Waals surface area contributed by atoms with Gasteiger partial charge in [-0.3, -0.25) is 14.6 Å². The zero-order chi connectivity index (χ0) is 20.3. The molecule has 1 heterocycles. The third kappa shape index (κ3) is 4.72. The van der Waals surface area contributed by atoms with Gasteiger partial charge < -0.3 is 10.6 Å². The number of hydrogen-bond acceptors (Lipinski definition) is 3. The minimum atomic E-state index is -0.571. The molecule has 3 aromatic rings. The van der Waals surface area contributed by atoms with Crippen LogP contribution >= 0.6 is 11.6 Å². The Kier molecular flexibility index (Phi) is 5.70. The van der Waals surface area contributed by atoms with Crippen molar-refractivity contribution in [2.24, 2.45) is 0 Å². The minimum Gasteiger partial charge on any atom is -0.322 e. The van der Waals surface area contributed by atoms with Crippen LogP contribution in [0.5, 0.6) is 0 Å². The van der Waals surface area contributed by atoms with Crippen molar-refractivity contribution in [1.82, 2.24) is 4.98 Å². The number of carbonyl (C=O) groups is 2. The third-order valence-corrected chi connectivity index (χ3v) is 4.25. The summed E-state index contributed by atoms with van der Waals surface area (Å²) in [4.78, 5) is 28.7. The monoisotopic (exact) mass is 397 g/mol. The van der Waals surface area contributed by atoms with Gasteiger partial charge in [0.15, 0.2) is 0 Å². The van der Waals surface area contributed by atoms with Gasteiger partial charge >= 0.3 is 0 Å². The Morgan fingerprint density at radius 2 is 1.57 bits per heavy atom. The lowest BCUT2D eigenvalue weighted by Gasteiger charge is -2.11. The first kappa shape index (κ1) is 19.5. The number of anilines is 2. The van der Waals surface area contributed by atoms with Crippen LogP contribution in [0.3, 0.4) is 0 Å². The van der Waals surface area contributed by atoms with Gasteiger partial charge in [-0.15, -0.1) is 0 Å². The number of carbonyl (C=O) groups excluding carboxylic acids is 2. The molecule has 0 unspecified atom stereocenters. The van der Waals surface area contributed by atoms with Crippen LogP contribution in [-0.4, -0.2) is 16.8 Å². The van der Waals surface area contributed by atoms with E-state index in [1.165, 1.54) is 18.3 Å². The largest absolute Gasteiger partial charge is 0.322 e. The first-order valence-electron chi connectivity index (χ1n) is 8.43. The van der Waals surface area contributed by atoms with Gasteiger partial charge in [0.2, 0.25) is 0 Å². The molecule has 0 bridgehead atoms. The standard InChI is InChI=1S/C21H17ClFN3O2/c1-12-5-13(2)7-14(6-12)20(27)25-16-3-4-19(22)18(9-16)21(28)26-17-8-15(23)10-24-11-17/h3-11H,1-2H3,(H,25,27)(H,26,28). The molecule has 0 fully saturated rings. The number of halogens is 2. The number of aromatic nitrogens is 1. The summed E-state index contributed by atoms with van der Waals surface area (Å²) in [5.41, 5.74) is 3.23. The molecule has 142 valence electrons. The van der Waals surface area contributed by atoms with E-state index in [2.05, 4.69) is 15.6 Å². The summed E-state index contributed by atoms with van der Waals surface area (Å²) in [6.45, 7) is 3.82. The van der Waals surface area contributed by atoms with Crippen LogP contribution in [0.2, 0.25) is 5.02 Å². The molecule has 2 aromatic carbocycles. The summed E-state index contributed by atoms with van der Waals surface area (Å²) in [7, 11) is 0. The number of amides is 2.